The SMILES string of the molecule is CC(C)NCCCOc1nn(-c2ccccc2)cc1-c1ccccc1. The van der Waals surface area contributed by atoms with Crippen LogP contribution < -0.4 is 10.1 Å². The van der Waals surface area contributed by atoms with Crippen molar-refractivity contribution in [2.75, 3.05) is 13.2 Å². The molecule has 0 aliphatic heterocycles. The van der Waals surface area contributed by atoms with Gasteiger partial charge in [-0.3, -0.25) is 0 Å². The summed E-state index contributed by atoms with van der Waals surface area (Å²) in [6, 6.07) is 20.9. The fourth-order valence-electron chi connectivity index (χ4n) is 2.63. The number of hydrogen-bond acceptors (Lipinski definition) is 3. The lowest BCUT2D eigenvalue weighted by Crippen LogP contribution is -2.24. The van der Waals surface area contributed by atoms with E-state index in [1.807, 2.05) is 59.4 Å². The number of hydrogen-bond donors (Lipinski definition) is 1. The second-order valence-electron chi connectivity index (χ2n) is 6.30. The van der Waals surface area contributed by atoms with E-state index in [1.165, 1.54) is 0 Å². The molecule has 0 atom stereocenters. The molecule has 1 N–H and O–H groups in total. The average molecular weight is 335 g/mol. The van der Waals surface area contributed by atoms with Gasteiger partial charge in [-0.25, -0.2) is 4.68 Å². The first-order valence-corrected chi connectivity index (χ1v) is 8.81. The summed E-state index contributed by atoms with van der Waals surface area (Å²) in [4.78, 5) is 0. The van der Waals surface area contributed by atoms with E-state index >= 15 is 0 Å². The lowest BCUT2D eigenvalue weighted by molar-refractivity contribution is 0.294. The maximum absolute atomic E-state index is 6.00. The number of nitrogens with zero attached hydrogens (tertiary/aromatic N) is 2. The third kappa shape index (κ3) is 4.70. The van der Waals surface area contributed by atoms with Crippen molar-refractivity contribution >= 4 is 0 Å². The Hall–Kier alpha value is -2.59. The zero-order valence-electron chi connectivity index (χ0n) is 14.9. The Kier molecular flexibility index (Phi) is 5.86. The molecule has 4 heteroatoms. The normalized spacial score (nSPS) is 11.0. The highest BCUT2D eigenvalue weighted by Crippen LogP contribution is 2.30. The molecule has 3 aromatic rings. The van der Waals surface area contributed by atoms with Gasteiger partial charge in [-0.05, 0) is 30.7 Å². The van der Waals surface area contributed by atoms with E-state index in [9.17, 15) is 0 Å². The predicted octanol–water partition coefficient (Wildman–Crippen LogP) is 4.31. The van der Waals surface area contributed by atoms with Gasteiger partial charge in [0.05, 0.1) is 17.9 Å². The molecule has 1 aromatic heterocycles. The highest BCUT2D eigenvalue weighted by molar-refractivity contribution is 5.68. The number of aromatic nitrogens is 2. The van der Waals surface area contributed by atoms with Gasteiger partial charge in [0.25, 0.3) is 0 Å². The van der Waals surface area contributed by atoms with Crippen LogP contribution >= 0.6 is 0 Å². The lowest BCUT2D eigenvalue weighted by atomic mass is 10.1. The maximum atomic E-state index is 6.00. The third-order valence-electron chi connectivity index (χ3n) is 3.90. The van der Waals surface area contributed by atoms with E-state index in [0.29, 0.717) is 18.5 Å². The van der Waals surface area contributed by atoms with Crippen LogP contribution in [0.15, 0.2) is 66.9 Å². The number of rotatable bonds is 8. The van der Waals surface area contributed by atoms with Gasteiger partial charge in [-0.1, -0.05) is 62.4 Å². The second-order valence-corrected chi connectivity index (χ2v) is 6.30. The van der Waals surface area contributed by atoms with Crippen LogP contribution in [0.5, 0.6) is 5.88 Å². The van der Waals surface area contributed by atoms with Crippen molar-refractivity contribution in [3.8, 4) is 22.7 Å². The number of benzene rings is 2. The van der Waals surface area contributed by atoms with Crippen LogP contribution in [0.25, 0.3) is 16.8 Å². The molecule has 0 saturated heterocycles. The van der Waals surface area contributed by atoms with Gasteiger partial charge in [0, 0.05) is 12.2 Å². The van der Waals surface area contributed by atoms with Crippen LogP contribution in [0, 0.1) is 0 Å². The molecule has 0 amide bonds. The van der Waals surface area contributed by atoms with Gasteiger partial charge in [-0.2, -0.15) is 0 Å². The Morgan fingerprint density at radius 3 is 2.36 bits per heavy atom. The molecule has 2 aromatic carbocycles. The fourth-order valence-corrected chi connectivity index (χ4v) is 2.63. The molecule has 0 radical (unpaired) electrons. The van der Waals surface area contributed by atoms with Gasteiger partial charge >= 0.3 is 0 Å². The molecule has 4 nitrogen and oxygen atoms in total. The Morgan fingerprint density at radius 2 is 1.68 bits per heavy atom. The summed E-state index contributed by atoms with van der Waals surface area (Å²) in [6.07, 6.45) is 2.98. The quantitative estimate of drug-likeness (QED) is 0.624. The Morgan fingerprint density at radius 1 is 1.00 bits per heavy atom. The van der Waals surface area contributed by atoms with Crippen LogP contribution in [0.2, 0.25) is 0 Å². The van der Waals surface area contributed by atoms with Crippen LogP contribution in [-0.2, 0) is 0 Å². The summed E-state index contributed by atoms with van der Waals surface area (Å²) < 4.78 is 7.88. The van der Waals surface area contributed by atoms with E-state index < -0.39 is 0 Å². The highest BCUT2D eigenvalue weighted by Gasteiger charge is 2.13. The smallest absolute Gasteiger partial charge is 0.241 e. The number of ether oxygens (including phenoxy) is 1. The molecule has 0 aliphatic rings. The Labute approximate surface area is 149 Å². The zero-order valence-corrected chi connectivity index (χ0v) is 14.9. The van der Waals surface area contributed by atoms with Crippen molar-refractivity contribution in [3.05, 3.63) is 66.9 Å². The van der Waals surface area contributed by atoms with Crippen molar-refractivity contribution in [1.82, 2.24) is 15.1 Å². The third-order valence-corrected chi connectivity index (χ3v) is 3.90. The maximum Gasteiger partial charge on any atom is 0.241 e. The summed E-state index contributed by atoms with van der Waals surface area (Å²) in [5.74, 6) is 0.680. The monoisotopic (exact) mass is 335 g/mol. The highest BCUT2D eigenvalue weighted by atomic mass is 16.5. The summed E-state index contributed by atoms with van der Waals surface area (Å²) >= 11 is 0. The summed E-state index contributed by atoms with van der Waals surface area (Å²) in [7, 11) is 0. The molecule has 25 heavy (non-hydrogen) atoms. The van der Waals surface area contributed by atoms with Crippen molar-refractivity contribution in [2.24, 2.45) is 0 Å². The van der Waals surface area contributed by atoms with E-state index in [0.717, 1.165) is 29.8 Å². The van der Waals surface area contributed by atoms with Crippen molar-refractivity contribution in [2.45, 2.75) is 26.3 Å². The van der Waals surface area contributed by atoms with Crippen molar-refractivity contribution in [1.29, 1.82) is 0 Å². The molecule has 130 valence electrons. The Bertz CT molecular complexity index is 766. The first-order chi connectivity index (χ1) is 12.2. The zero-order chi connectivity index (χ0) is 17.5. The number of para-hydroxylation sites is 1. The van der Waals surface area contributed by atoms with E-state index in [-0.39, 0.29) is 0 Å². The van der Waals surface area contributed by atoms with Crippen LogP contribution in [-0.4, -0.2) is 29.0 Å². The van der Waals surface area contributed by atoms with Gasteiger partial charge < -0.3 is 10.1 Å². The average Bonchev–Trinajstić information content (AvgIpc) is 3.07. The van der Waals surface area contributed by atoms with Crippen LogP contribution in [0.1, 0.15) is 20.3 Å². The lowest BCUT2D eigenvalue weighted by Gasteiger charge is -2.09. The molecule has 0 spiro atoms. The standard InChI is InChI=1S/C21H25N3O/c1-17(2)22-14-9-15-25-21-20(18-10-5-3-6-11-18)16-24(23-21)19-12-7-4-8-13-19/h3-8,10-13,16-17,22H,9,14-15H2,1-2H3. The molecule has 0 fully saturated rings. The minimum atomic E-state index is 0.497. The van der Waals surface area contributed by atoms with E-state index in [2.05, 4.69) is 36.4 Å². The van der Waals surface area contributed by atoms with Crippen LogP contribution in [0.3, 0.4) is 0 Å². The van der Waals surface area contributed by atoms with Crippen molar-refractivity contribution in [3.63, 3.8) is 0 Å². The number of nitrogens with one attached hydrogen (secondary N) is 1. The topological polar surface area (TPSA) is 39.1 Å². The molecular weight excluding hydrogens is 310 g/mol. The van der Waals surface area contributed by atoms with Gasteiger partial charge in [-0.15, -0.1) is 5.10 Å². The predicted molar refractivity (Wildman–Crippen MR) is 102 cm³/mol. The minimum absolute atomic E-state index is 0.497. The summed E-state index contributed by atoms with van der Waals surface area (Å²) in [6.45, 7) is 5.88. The molecule has 0 unspecified atom stereocenters. The minimum Gasteiger partial charge on any atom is -0.476 e. The molecule has 1 heterocycles. The molecular formula is C21H25N3O. The van der Waals surface area contributed by atoms with Gasteiger partial charge in [0.1, 0.15) is 0 Å². The second kappa shape index (κ2) is 8.49. The molecule has 0 aliphatic carbocycles. The summed E-state index contributed by atoms with van der Waals surface area (Å²) in [5, 5.41) is 8.07. The summed E-state index contributed by atoms with van der Waals surface area (Å²) in [5.41, 5.74) is 3.15. The van der Waals surface area contributed by atoms with Gasteiger partial charge in [0.15, 0.2) is 0 Å². The van der Waals surface area contributed by atoms with E-state index in [1.54, 1.807) is 0 Å². The van der Waals surface area contributed by atoms with Crippen LogP contribution in [0.4, 0.5) is 0 Å². The fraction of sp³-hybridized carbons (Fsp3) is 0.286. The Balaban J connectivity index is 1.79. The first-order valence-electron chi connectivity index (χ1n) is 8.81. The molecule has 0 saturated carbocycles. The molecule has 3 rings (SSSR count). The van der Waals surface area contributed by atoms with Gasteiger partial charge in [0.2, 0.25) is 5.88 Å². The molecule has 0 bridgehead atoms. The van der Waals surface area contributed by atoms with Crippen molar-refractivity contribution < 1.29 is 4.74 Å². The van der Waals surface area contributed by atoms with E-state index in [4.69, 9.17) is 4.74 Å². The largest absolute Gasteiger partial charge is 0.476 e. The first kappa shape index (κ1) is 17.2.